The Hall–Kier alpha value is -1.31. The zero-order chi connectivity index (χ0) is 12.4. The van der Waals surface area contributed by atoms with Gasteiger partial charge >= 0.3 is 0 Å². The highest BCUT2D eigenvalue weighted by Crippen LogP contribution is 2.31. The first kappa shape index (κ1) is 12.2. The van der Waals surface area contributed by atoms with Gasteiger partial charge in [0.05, 0.1) is 0 Å². The molecule has 1 aromatic rings. The number of ketones is 1. The molecular weight excluding hydrogens is 210 g/mol. The van der Waals surface area contributed by atoms with Crippen molar-refractivity contribution in [1.29, 1.82) is 0 Å². The van der Waals surface area contributed by atoms with Gasteiger partial charge in [-0.25, -0.2) is 0 Å². The number of carbonyl (C=O) groups excluding carboxylic acids is 1. The van der Waals surface area contributed by atoms with Crippen molar-refractivity contribution >= 4 is 11.5 Å². The molecule has 1 aliphatic heterocycles. The van der Waals surface area contributed by atoms with Gasteiger partial charge in [-0.15, -0.1) is 0 Å². The van der Waals surface area contributed by atoms with Gasteiger partial charge in [0.2, 0.25) is 0 Å². The third kappa shape index (κ3) is 2.36. The molecule has 2 rings (SSSR count). The minimum absolute atomic E-state index is 0.137. The summed E-state index contributed by atoms with van der Waals surface area (Å²) in [7, 11) is 0. The maximum absolute atomic E-state index is 11.2. The maximum Gasteiger partial charge on any atom is 0.159 e. The standard InChI is InChI=1S/C15H21NO/c1-4-14-8-5-11(2)16(14)15-9-6-13(7-10-15)12(3)17/h6-7,9-11,14H,4-5,8H2,1-3H3. The van der Waals surface area contributed by atoms with Gasteiger partial charge in [-0.2, -0.15) is 0 Å². The monoisotopic (exact) mass is 231 g/mol. The highest BCUT2D eigenvalue weighted by molar-refractivity contribution is 5.94. The molecule has 92 valence electrons. The van der Waals surface area contributed by atoms with Gasteiger partial charge in [0.15, 0.2) is 5.78 Å². The van der Waals surface area contributed by atoms with E-state index in [2.05, 4.69) is 30.9 Å². The second-order valence-electron chi connectivity index (χ2n) is 5.00. The predicted octanol–water partition coefficient (Wildman–Crippen LogP) is 3.66. The molecule has 2 heteroatoms. The van der Waals surface area contributed by atoms with E-state index in [0.29, 0.717) is 12.1 Å². The van der Waals surface area contributed by atoms with E-state index in [1.165, 1.54) is 24.9 Å². The molecule has 2 unspecified atom stereocenters. The van der Waals surface area contributed by atoms with Crippen LogP contribution < -0.4 is 4.90 Å². The molecule has 1 heterocycles. The molecule has 0 spiro atoms. The summed E-state index contributed by atoms with van der Waals surface area (Å²) in [6.07, 6.45) is 3.75. The molecule has 1 saturated heterocycles. The van der Waals surface area contributed by atoms with Crippen LogP contribution in [0, 0.1) is 0 Å². The number of benzene rings is 1. The summed E-state index contributed by atoms with van der Waals surface area (Å²) in [6.45, 7) is 6.15. The number of hydrogen-bond acceptors (Lipinski definition) is 2. The van der Waals surface area contributed by atoms with Gasteiger partial charge in [-0.05, 0) is 57.4 Å². The van der Waals surface area contributed by atoms with Gasteiger partial charge in [0.25, 0.3) is 0 Å². The van der Waals surface area contributed by atoms with Gasteiger partial charge in [0.1, 0.15) is 0 Å². The van der Waals surface area contributed by atoms with E-state index >= 15 is 0 Å². The van der Waals surface area contributed by atoms with Crippen LogP contribution in [0.4, 0.5) is 5.69 Å². The smallest absolute Gasteiger partial charge is 0.159 e. The average Bonchev–Trinajstić information content (AvgIpc) is 2.70. The number of hydrogen-bond donors (Lipinski definition) is 0. The van der Waals surface area contributed by atoms with Gasteiger partial charge < -0.3 is 4.90 Å². The number of rotatable bonds is 3. The van der Waals surface area contributed by atoms with Crippen molar-refractivity contribution in [2.45, 2.75) is 52.1 Å². The Labute approximate surface area is 104 Å². The van der Waals surface area contributed by atoms with Crippen LogP contribution >= 0.6 is 0 Å². The first-order valence-electron chi connectivity index (χ1n) is 6.52. The lowest BCUT2D eigenvalue weighted by atomic mass is 10.1. The Kier molecular flexibility index (Phi) is 3.51. The average molecular weight is 231 g/mol. The Balaban J connectivity index is 2.24. The fourth-order valence-electron chi connectivity index (χ4n) is 2.81. The van der Waals surface area contributed by atoms with Crippen molar-refractivity contribution in [2.24, 2.45) is 0 Å². The van der Waals surface area contributed by atoms with Crippen LogP contribution in [0.1, 0.15) is 50.4 Å². The van der Waals surface area contributed by atoms with E-state index in [0.717, 1.165) is 5.56 Å². The van der Waals surface area contributed by atoms with Crippen molar-refractivity contribution in [3.05, 3.63) is 29.8 Å². The van der Waals surface area contributed by atoms with Crippen LogP contribution in [0.15, 0.2) is 24.3 Å². The van der Waals surface area contributed by atoms with Crippen LogP contribution in [0.2, 0.25) is 0 Å². The number of Topliss-reactive ketones (excluding diaryl/α,β-unsaturated/α-hetero) is 1. The van der Waals surface area contributed by atoms with Gasteiger partial charge in [-0.1, -0.05) is 6.92 Å². The summed E-state index contributed by atoms with van der Waals surface area (Å²) in [4.78, 5) is 13.8. The normalized spacial score (nSPS) is 24.1. The van der Waals surface area contributed by atoms with Crippen LogP contribution in [0.25, 0.3) is 0 Å². The predicted molar refractivity (Wildman–Crippen MR) is 71.7 cm³/mol. The molecular formula is C15H21NO. The lowest BCUT2D eigenvalue weighted by Gasteiger charge is -2.30. The highest BCUT2D eigenvalue weighted by atomic mass is 16.1. The van der Waals surface area contributed by atoms with Gasteiger partial charge in [0, 0.05) is 23.3 Å². The van der Waals surface area contributed by atoms with Crippen molar-refractivity contribution in [1.82, 2.24) is 0 Å². The quantitative estimate of drug-likeness (QED) is 0.740. The lowest BCUT2D eigenvalue weighted by Crippen LogP contribution is -2.33. The molecule has 1 aliphatic rings. The maximum atomic E-state index is 11.2. The summed E-state index contributed by atoms with van der Waals surface area (Å²) in [5.74, 6) is 0.137. The van der Waals surface area contributed by atoms with E-state index in [-0.39, 0.29) is 5.78 Å². The second-order valence-corrected chi connectivity index (χ2v) is 5.00. The lowest BCUT2D eigenvalue weighted by molar-refractivity contribution is 0.101. The Morgan fingerprint density at radius 2 is 1.94 bits per heavy atom. The first-order valence-corrected chi connectivity index (χ1v) is 6.52. The summed E-state index contributed by atoms with van der Waals surface area (Å²) in [6, 6.07) is 9.32. The molecule has 0 aromatic heterocycles. The molecule has 2 nitrogen and oxygen atoms in total. The van der Waals surface area contributed by atoms with E-state index in [9.17, 15) is 4.79 Å². The minimum atomic E-state index is 0.137. The van der Waals surface area contributed by atoms with Crippen LogP contribution in [0.3, 0.4) is 0 Å². The topological polar surface area (TPSA) is 20.3 Å². The molecule has 0 bridgehead atoms. The molecule has 1 fully saturated rings. The third-order valence-corrected chi connectivity index (χ3v) is 3.83. The molecule has 2 atom stereocenters. The van der Waals surface area contributed by atoms with Crippen molar-refractivity contribution in [3.8, 4) is 0 Å². The van der Waals surface area contributed by atoms with Crippen LogP contribution in [0.5, 0.6) is 0 Å². The SMILES string of the molecule is CCC1CCC(C)N1c1ccc(C(C)=O)cc1. The highest BCUT2D eigenvalue weighted by Gasteiger charge is 2.29. The van der Waals surface area contributed by atoms with Gasteiger partial charge in [-0.3, -0.25) is 4.79 Å². The fraction of sp³-hybridized carbons (Fsp3) is 0.533. The Bertz CT molecular complexity index is 396. The zero-order valence-electron chi connectivity index (χ0n) is 10.9. The summed E-state index contributed by atoms with van der Waals surface area (Å²) >= 11 is 0. The molecule has 0 N–H and O–H groups in total. The molecule has 0 amide bonds. The second kappa shape index (κ2) is 4.91. The number of anilines is 1. The molecule has 1 aromatic carbocycles. The Morgan fingerprint density at radius 1 is 1.29 bits per heavy atom. The van der Waals surface area contributed by atoms with E-state index < -0.39 is 0 Å². The van der Waals surface area contributed by atoms with Crippen molar-refractivity contribution in [3.63, 3.8) is 0 Å². The van der Waals surface area contributed by atoms with E-state index in [4.69, 9.17) is 0 Å². The summed E-state index contributed by atoms with van der Waals surface area (Å²) < 4.78 is 0. The molecule has 0 radical (unpaired) electrons. The zero-order valence-corrected chi connectivity index (χ0v) is 10.9. The fourth-order valence-corrected chi connectivity index (χ4v) is 2.81. The summed E-state index contributed by atoms with van der Waals surface area (Å²) in [5, 5.41) is 0. The summed E-state index contributed by atoms with van der Waals surface area (Å²) in [5.41, 5.74) is 2.06. The van der Waals surface area contributed by atoms with Crippen molar-refractivity contribution < 1.29 is 4.79 Å². The largest absolute Gasteiger partial charge is 0.366 e. The van der Waals surface area contributed by atoms with E-state index in [1.54, 1.807) is 6.92 Å². The third-order valence-electron chi connectivity index (χ3n) is 3.83. The van der Waals surface area contributed by atoms with E-state index in [1.807, 2.05) is 12.1 Å². The first-order chi connectivity index (χ1) is 8.13. The molecule has 0 saturated carbocycles. The van der Waals surface area contributed by atoms with Crippen LogP contribution in [-0.4, -0.2) is 17.9 Å². The molecule has 17 heavy (non-hydrogen) atoms. The number of carbonyl (C=O) groups is 1. The minimum Gasteiger partial charge on any atom is -0.366 e. The van der Waals surface area contributed by atoms with Crippen molar-refractivity contribution in [2.75, 3.05) is 4.90 Å². The molecule has 0 aliphatic carbocycles. The number of nitrogens with zero attached hydrogens (tertiary/aromatic N) is 1. The Morgan fingerprint density at radius 3 is 2.47 bits per heavy atom. The van der Waals surface area contributed by atoms with Crippen LogP contribution in [-0.2, 0) is 0 Å².